The third-order valence-corrected chi connectivity index (χ3v) is 6.39. The maximum absolute atomic E-state index is 12.9. The minimum Gasteiger partial charge on any atom is -0.349 e. The molecule has 1 aliphatic carbocycles. The molecule has 2 aliphatic rings. The number of piperidine rings is 1. The molecule has 0 aromatic heterocycles. The van der Waals surface area contributed by atoms with Crippen LogP contribution in [0.3, 0.4) is 0 Å². The lowest BCUT2D eigenvalue weighted by Gasteiger charge is -2.34. The van der Waals surface area contributed by atoms with E-state index in [1.54, 1.807) is 0 Å². The molecule has 1 amide bonds. The number of nitrogens with one attached hydrogen (secondary N) is 1. The number of likely N-dealkylation sites (tertiary alicyclic amines) is 1. The van der Waals surface area contributed by atoms with Gasteiger partial charge in [-0.1, -0.05) is 32.4 Å². The van der Waals surface area contributed by atoms with Gasteiger partial charge in [-0.2, -0.15) is 13.2 Å². The first-order chi connectivity index (χ1) is 12.9. The van der Waals surface area contributed by atoms with Gasteiger partial charge < -0.3 is 10.2 Å². The van der Waals surface area contributed by atoms with Crippen molar-refractivity contribution in [1.82, 2.24) is 10.2 Å². The second-order valence-electron chi connectivity index (χ2n) is 9.44. The third kappa shape index (κ3) is 5.01. The zero-order valence-corrected chi connectivity index (χ0v) is 17.4. The summed E-state index contributed by atoms with van der Waals surface area (Å²) in [5, 5.41) is 2.95. The van der Waals surface area contributed by atoms with E-state index in [1.165, 1.54) is 0 Å². The molecule has 3 rings (SSSR count). The van der Waals surface area contributed by atoms with E-state index in [-0.39, 0.29) is 22.0 Å². The summed E-state index contributed by atoms with van der Waals surface area (Å²) >= 11 is 5.98. The van der Waals surface area contributed by atoms with Crippen molar-refractivity contribution in [3.05, 3.63) is 34.3 Å². The van der Waals surface area contributed by atoms with Crippen molar-refractivity contribution < 1.29 is 18.0 Å². The van der Waals surface area contributed by atoms with E-state index < -0.39 is 17.6 Å². The molecule has 1 aliphatic heterocycles. The third-order valence-electron chi connectivity index (χ3n) is 6.06. The Labute approximate surface area is 169 Å². The Hall–Kier alpha value is -1.27. The topological polar surface area (TPSA) is 32.3 Å². The van der Waals surface area contributed by atoms with E-state index in [2.05, 4.69) is 31.0 Å². The Balaban J connectivity index is 1.55. The molecule has 2 fully saturated rings. The number of halogens is 4. The van der Waals surface area contributed by atoms with Crippen LogP contribution < -0.4 is 5.32 Å². The van der Waals surface area contributed by atoms with E-state index in [0.29, 0.717) is 5.41 Å². The Morgan fingerprint density at radius 2 is 1.89 bits per heavy atom. The molecule has 1 aromatic rings. The van der Waals surface area contributed by atoms with Gasteiger partial charge in [-0.3, -0.25) is 4.79 Å². The molecule has 1 atom stereocenters. The highest BCUT2D eigenvalue weighted by molar-refractivity contribution is 6.33. The van der Waals surface area contributed by atoms with Gasteiger partial charge in [0, 0.05) is 6.04 Å². The Morgan fingerprint density at radius 3 is 2.46 bits per heavy atom. The molecule has 156 valence electrons. The van der Waals surface area contributed by atoms with E-state index in [9.17, 15) is 18.0 Å². The normalized spacial score (nSPS) is 22.3. The highest BCUT2D eigenvalue weighted by Gasteiger charge is 2.55. The van der Waals surface area contributed by atoms with E-state index >= 15 is 0 Å². The standard InChI is InChI=1S/C21H28ClF3N2O/c1-19(2,3)6-9-27-10-7-20(8-11-27)13-17(20)26-18(28)15-12-14(21(23,24)25)4-5-16(15)22/h4-5,12,17H,6-11,13H2,1-3H3,(H,26,28)/t17-/m1/s1. The largest absolute Gasteiger partial charge is 0.416 e. The zero-order valence-electron chi connectivity index (χ0n) is 16.6. The molecule has 1 aromatic carbocycles. The van der Waals surface area contributed by atoms with Crippen LogP contribution in [0.4, 0.5) is 13.2 Å². The number of carbonyl (C=O) groups excluding carboxylic acids is 1. The Kier molecular flexibility index (Phi) is 5.76. The van der Waals surface area contributed by atoms with Gasteiger partial charge in [-0.05, 0) is 74.3 Å². The van der Waals surface area contributed by atoms with Crippen LogP contribution in [0.2, 0.25) is 5.02 Å². The molecule has 1 saturated carbocycles. The van der Waals surface area contributed by atoms with Gasteiger partial charge in [0.15, 0.2) is 0 Å². The van der Waals surface area contributed by atoms with Gasteiger partial charge >= 0.3 is 6.18 Å². The second kappa shape index (κ2) is 7.52. The van der Waals surface area contributed by atoms with Crippen LogP contribution in [-0.2, 0) is 6.18 Å². The summed E-state index contributed by atoms with van der Waals surface area (Å²) in [5.74, 6) is -0.520. The van der Waals surface area contributed by atoms with Crippen LogP contribution in [-0.4, -0.2) is 36.5 Å². The lowest BCUT2D eigenvalue weighted by Crippen LogP contribution is -2.39. The van der Waals surface area contributed by atoms with Crippen LogP contribution in [0, 0.1) is 10.8 Å². The van der Waals surface area contributed by atoms with E-state index in [1.807, 2.05) is 0 Å². The van der Waals surface area contributed by atoms with Gasteiger partial charge in [0.25, 0.3) is 5.91 Å². The molecule has 28 heavy (non-hydrogen) atoms. The van der Waals surface area contributed by atoms with Gasteiger partial charge in [-0.25, -0.2) is 0 Å². The van der Waals surface area contributed by atoms with Gasteiger partial charge in [0.2, 0.25) is 0 Å². The summed E-state index contributed by atoms with van der Waals surface area (Å²) in [4.78, 5) is 15.0. The number of hydrogen-bond donors (Lipinski definition) is 1. The van der Waals surface area contributed by atoms with Crippen LogP contribution >= 0.6 is 11.6 Å². The minimum atomic E-state index is -4.50. The summed E-state index contributed by atoms with van der Waals surface area (Å²) in [5.41, 5.74) is -0.557. The number of rotatable bonds is 4. The minimum absolute atomic E-state index is 0.0235. The van der Waals surface area contributed by atoms with Crippen LogP contribution in [0.1, 0.15) is 62.4 Å². The molecule has 0 radical (unpaired) electrons. The van der Waals surface area contributed by atoms with Crippen LogP contribution in [0.15, 0.2) is 18.2 Å². The summed E-state index contributed by atoms with van der Waals surface area (Å²) in [7, 11) is 0. The number of nitrogens with zero attached hydrogens (tertiary/aromatic N) is 1. The first-order valence-electron chi connectivity index (χ1n) is 9.80. The van der Waals surface area contributed by atoms with Crippen molar-refractivity contribution in [1.29, 1.82) is 0 Å². The summed E-state index contributed by atoms with van der Waals surface area (Å²) in [6, 6.07) is 2.89. The van der Waals surface area contributed by atoms with Crippen molar-refractivity contribution in [3.8, 4) is 0 Å². The Morgan fingerprint density at radius 1 is 1.25 bits per heavy atom. The molecule has 3 nitrogen and oxygen atoms in total. The lowest BCUT2D eigenvalue weighted by molar-refractivity contribution is -0.137. The highest BCUT2D eigenvalue weighted by atomic mass is 35.5. The number of hydrogen-bond acceptors (Lipinski definition) is 2. The van der Waals surface area contributed by atoms with E-state index in [4.69, 9.17) is 11.6 Å². The predicted octanol–water partition coefficient (Wildman–Crippen LogP) is 5.38. The SMILES string of the molecule is CC(C)(C)CCN1CCC2(CC1)C[C@H]2NC(=O)c1cc(C(F)(F)F)ccc1Cl. The van der Waals surface area contributed by atoms with E-state index in [0.717, 1.165) is 63.5 Å². The summed E-state index contributed by atoms with van der Waals surface area (Å²) in [6.07, 6.45) is -0.437. The second-order valence-corrected chi connectivity index (χ2v) is 9.84. The monoisotopic (exact) mass is 416 g/mol. The maximum Gasteiger partial charge on any atom is 0.416 e. The predicted molar refractivity (Wildman–Crippen MR) is 105 cm³/mol. The van der Waals surface area contributed by atoms with Crippen LogP contribution in [0.5, 0.6) is 0 Å². The van der Waals surface area contributed by atoms with Gasteiger partial charge in [0.1, 0.15) is 0 Å². The molecule has 0 bridgehead atoms. The molecule has 7 heteroatoms. The molecular formula is C21H28ClF3N2O. The first kappa shape index (κ1) is 21.4. The average Bonchev–Trinajstić information content (AvgIpc) is 3.24. The fourth-order valence-corrected chi connectivity index (χ4v) is 4.13. The fraction of sp³-hybridized carbons (Fsp3) is 0.667. The number of amides is 1. The van der Waals surface area contributed by atoms with Crippen LogP contribution in [0.25, 0.3) is 0 Å². The van der Waals surface area contributed by atoms with Gasteiger partial charge in [0.05, 0.1) is 16.1 Å². The van der Waals surface area contributed by atoms with Gasteiger partial charge in [-0.15, -0.1) is 0 Å². The molecule has 1 spiro atoms. The lowest BCUT2D eigenvalue weighted by atomic mass is 9.89. The number of benzene rings is 1. The fourth-order valence-electron chi connectivity index (χ4n) is 3.93. The maximum atomic E-state index is 12.9. The molecule has 0 unspecified atom stereocenters. The quantitative estimate of drug-likeness (QED) is 0.714. The summed E-state index contributed by atoms with van der Waals surface area (Å²) < 4.78 is 38.8. The van der Waals surface area contributed by atoms with Crippen molar-refractivity contribution >= 4 is 17.5 Å². The summed E-state index contributed by atoms with van der Waals surface area (Å²) in [6.45, 7) is 9.81. The number of carbonyl (C=O) groups is 1. The zero-order chi connectivity index (χ0) is 20.7. The molecular weight excluding hydrogens is 389 g/mol. The Bertz CT molecular complexity index is 734. The molecule has 1 saturated heterocycles. The highest BCUT2D eigenvalue weighted by Crippen LogP contribution is 2.54. The molecule has 1 heterocycles. The van der Waals surface area contributed by atoms with Crippen molar-refractivity contribution in [3.63, 3.8) is 0 Å². The van der Waals surface area contributed by atoms with Crippen molar-refractivity contribution in [2.24, 2.45) is 10.8 Å². The van der Waals surface area contributed by atoms with Crippen molar-refractivity contribution in [2.45, 2.75) is 58.7 Å². The first-order valence-corrected chi connectivity index (χ1v) is 10.2. The molecule has 1 N–H and O–H groups in total. The smallest absolute Gasteiger partial charge is 0.349 e. The average molecular weight is 417 g/mol. The number of alkyl halides is 3. The van der Waals surface area contributed by atoms with Crippen molar-refractivity contribution in [2.75, 3.05) is 19.6 Å².